The number of carbonyl (C=O) groups excluding carboxylic acids is 1. The minimum Gasteiger partial charge on any atom is -0.497 e. The van der Waals surface area contributed by atoms with E-state index in [0.29, 0.717) is 12.2 Å². The van der Waals surface area contributed by atoms with Gasteiger partial charge in [0.1, 0.15) is 5.75 Å². The average molecular weight is 371 g/mol. The van der Waals surface area contributed by atoms with Gasteiger partial charge in [-0.05, 0) is 60.4 Å². The fourth-order valence-corrected chi connectivity index (χ4v) is 3.53. The third-order valence-electron chi connectivity index (χ3n) is 5.06. The third kappa shape index (κ3) is 6.57. The predicted molar refractivity (Wildman–Crippen MR) is 113 cm³/mol. The molecule has 2 rings (SSSR count). The highest BCUT2D eigenvalue weighted by Crippen LogP contribution is 2.27. The summed E-state index contributed by atoms with van der Waals surface area (Å²) < 4.78 is 10.6. The molecule has 2 aromatic carbocycles. The molecule has 0 heterocycles. The number of fused-ring (bicyclic) bond motifs is 1. The molecule has 0 fully saturated rings. The summed E-state index contributed by atoms with van der Waals surface area (Å²) in [6, 6.07) is 9.96. The van der Waals surface area contributed by atoms with Crippen LogP contribution in [0.1, 0.15) is 81.1 Å². The molecule has 0 atom stereocenters. The van der Waals surface area contributed by atoms with Gasteiger partial charge in [0.15, 0.2) is 0 Å². The molecular formula is C24H34O3. The first-order valence-corrected chi connectivity index (χ1v) is 10.5. The second kappa shape index (κ2) is 11.6. The maximum absolute atomic E-state index is 12.2. The predicted octanol–water partition coefficient (Wildman–Crippen LogP) is 6.71. The van der Waals surface area contributed by atoms with Gasteiger partial charge in [0.2, 0.25) is 0 Å². The van der Waals surface area contributed by atoms with Crippen molar-refractivity contribution >= 4 is 16.7 Å². The van der Waals surface area contributed by atoms with Crippen LogP contribution < -0.4 is 4.74 Å². The van der Waals surface area contributed by atoms with Crippen molar-refractivity contribution < 1.29 is 14.3 Å². The molecule has 0 N–H and O–H groups in total. The molecule has 27 heavy (non-hydrogen) atoms. The van der Waals surface area contributed by atoms with Crippen molar-refractivity contribution in [1.82, 2.24) is 0 Å². The summed E-state index contributed by atoms with van der Waals surface area (Å²) in [4.78, 5) is 12.2. The number of hydrogen-bond acceptors (Lipinski definition) is 3. The minimum absolute atomic E-state index is 0.243. The number of aryl methyl sites for hydroxylation is 1. The standard InChI is InChI=1S/C24H34O3/c1-4-6-7-8-9-10-11-12-13-19-16-21(24(25)27-5-2)17-20-14-15-22(26-3)18-23(19)20/h14-18H,4-13H2,1-3H3. The van der Waals surface area contributed by atoms with Crippen LogP contribution in [-0.2, 0) is 11.2 Å². The first-order valence-electron chi connectivity index (χ1n) is 10.5. The van der Waals surface area contributed by atoms with Crippen LogP contribution in [-0.4, -0.2) is 19.7 Å². The summed E-state index contributed by atoms with van der Waals surface area (Å²) in [5, 5.41) is 2.24. The lowest BCUT2D eigenvalue weighted by molar-refractivity contribution is 0.0526. The Morgan fingerprint density at radius 1 is 0.889 bits per heavy atom. The normalized spacial score (nSPS) is 10.9. The zero-order chi connectivity index (χ0) is 19.5. The Balaban J connectivity index is 2.06. The van der Waals surface area contributed by atoms with E-state index >= 15 is 0 Å². The van der Waals surface area contributed by atoms with E-state index in [1.54, 1.807) is 7.11 Å². The molecule has 0 bridgehead atoms. The molecule has 0 aliphatic rings. The third-order valence-corrected chi connectivity index (χ3v) is 5.06. The summed E-state index contributed by atoms with van der Waals surface area (Å²) >= 11 is 0. The van der Waals surface area contributed by atoms with Crippen LogP contribution >= 0.6 is 0 Å². The zero-order valence-electron chi connectivity index (χ0n) is 17.2. The summed E-state index contributed by atoms with van der Waals surface area (Å²) in [7, 11) is 1.69. The highest BCUT2D eigenvalue weighted by molar-refractivity contribution is 5.97. The Morgan fingerprint density at radius 2 is 1.59 bits per heavy atom. The fraction of sp³-hybridized carbons (Fsp3) is 0.542. The molecule has 148 valence electrons. The van der Waals surface area contributed by atoms with Gasteiger partial charge >= 0.3 is 5.97 Å². The summed E-state index contributed by atoms with van der Waals surface area (Å²) in [6.07, 6.45) is 11.4. The quantitative estimate of drug-likeness (QED) is 0.308. The molecule has 0 aliphatic heterocycles. The zero-order valence-corrected chi connectivity index (χ0v) is 17.2. The van der Waals surface area contributed by atoms with Crippen molar-refractivity contribution in [3.63, 3.8) is 0 Å². The Kier molecular flexibility index (Phi) is 9.17. The number of ether oxygens (including phenoxy) is 2. The van der Waals surface area contributed by atoms with Gasteiger partial charge in [-0.1, -0.05) is 57.9 Å². The molecule has 0 amide bonds. The topological polar surface area (TPSA) is 35.5 Å². The largest absolute Gasteiger partial charge is 0.497 e. The van der Waals surface area contributed by atoms with Gasteiger partial charge in [-0.15, -0.1) is 0 Å². The van der Waals surface area contributed by atoms with Gasteiger partial charge in [0.25, 0.3) is 0 Å². The number of esters is 1. The Labute approximate surface area is 164 Å². The van der Waals surface area contributed by atoms with E-state index in [1.807, 2.05) is 31.2 Å². The van der Waals surface area contributed by atoms with Crippen molar-refractivity contribution in [2.24, 2.45) is 0 Å². The molecular weight excluding hydrogens is 336 g/mol. The van der Waals surface area contributed by atoms with Crippen LogP contribution in [0.15, 0.2) is 30.3 Å². The first-order chi connectivity index (χ1) is 13.2. The minimum atomic E-state index is -0.243. The van der Waals surface area contributed by atoms with Crippen molar-refractivity contribution in [2.75, 3.05) is 13.7 Å². The van der Waals surface area contributed by atoms with Gasteiger partial charge in [-0.3, -0.25) is 0 Å². The van der Waals surface area contributed by atoms with Crippen molar-refractivity contribution in [3.8, 4) is 5.75 Å². The Bertz CT molecular complexity index is 721. The van der Waals surface area contributed by atoms with Gasteiger partial charge in [-0.2, -0.15) is 0 Å². The first kappa shape index (κ1) is 21.3. The summed E-state index contributed by atoms with van der Waals surface area (Å²) in [6.45, 7) is 4.49. The van der Waals surface area contributed by atoms with Crippen molar-refractivity contribution in [2.45, 2.75) is 71.6 Å². The van der Waals surface area contributed by atoms with Gasteiger partial charge in [0.05, 0.1) is 19.3 Å². The molecule has 3 heteroatoms. The molecule has 3 nitrogen and oxygen atoms in total. The lowest BCUT2D eigenvalue weighted by Crippen LogP contribution is -2.05. The van der Waals surface area contributed by atoms with Gasteiger partial charge < -0.3 is 9.47 Å². The molecule has 0 aliphatic carbocycles. The number of benzene rings is 2. The van der Waals surface area contributed by atoms with Crippen LogP contribution in [0.3, 0.4) is 0 Å². The average Bonchev–Trinajstić information content (AvgIpc) is 2.69. The SMILES string of the molecule is CCCCCCCCCCc1cc(C(=O)OCC)cc2ccc(OC)cc12. The fourth-order valence-electron chi connectivity index (χ4n) is 3.53. The van der Waals surface area contributed by atoms with Crippen LogP contribution in [0.2, 0.25) is 0 Å². The van der Waals surface area contributed by atoms with E-state index in [2.05, 4.69) is 13.0 Å². The molecule has 2 aromatic rings. The van der Waals surface area contributed by atoms with E-state index in [-0.39, 0.29) is 5.97 Å². The maximum atomic E-state index is 12.2. The molecule has 0 saturated heterocycles. The molecule has 0 saturated carbocycles. The summed E-state index contributed by atoms with van der Waals surface area (Å²) in [5.74, 6) is 0.607. The number of unbranched alkanes of at least 4 members (excludes halogenated alkanes) is 7. The van der Waals surface area contributed by atoms with Crippen molar-refractivity contribution in [1.29, 1.82) is 0 Å². The highest BCUT2D eigenvalue weighted by atomic mass is 16.5. The van der Waals surface area contributed by atoms with E-state index < -0.39 is 0 Å². The lowest BCUT2D eigenvalue weighted by Gasteiger charge is -2.12. The molecule has 0 unspecified atom stereocenters. The molecule has 0 spiro atoms. The van der Waals surface area contributed by atoms with Crippen LogP contribution in [0, 0.1) is 0 Å². The monoisotopic (exact) mass is 370 g/mol. The smallest absolute Gasteiger partial charge is 0.338 e. The number of hydrogen-bond donors (Lipinski definition) is 0. The van der Waals surface area contributed by atoms with Crippen LogP contribution in [0.4, 0.5) is 0 Å². The van der Waals surface area contributed by atoms with Crippen LogP contribution in [0.25, 0.3) is 10.8 Å². The van der Waals surface area contributed by atoms with E-state index in [1.165, 1.54) is 55.9 Å². The van der Waals surface area contributed by atoms with E-state index in [9.17, 15) is 4.79 Å². The highest BCUT2D eigenvalue weighted by Gasteiger charge is 2.12. The number of rotatable bonds is 12. The summed E-state index contributed by atoms with van der Waals surface area (Å²) in [5.41, 5.74) is 1.85. The second-order valence-corrected chi connectivity index (χ2v) is 7.17. The van der Waals surface area contributed by atoms with Crippen LogP contribution in [0.5, 0.6) is 5.75 Å². The van der Waals surface area contributed by atoms with Gasteiger partial charge in [0, 0.05) is 0 Å². The molecule has 0 radical (unpaired) electrons. The maximum Gasteiger partial charge on any atom is 0.338 e. The Hall–Kier alpha value is -2.03. The van der Waals surface area contributed by atoms with Gasteiger partial charge in [-0.25, -0.2) is 4.79 Å². The van der Waals surface area contributed by atoms with E-state index in [0.717, 1.165) is 24.0 Å². The van der Waals surface area contributed by atoms with Crippen molar-refractivity contribution in [3.05, 3.63) is 41.5 Å². The second-order valence-electron chi connectivity index (χ2n) is 7.17. The lowest BCUT2D eigenvalue weighted by atomic mass is 9.96. The Morgan fingerprint density at radius 3 is 2.26 bits per heavy atom. The number of carbonyl (C=O) groups is 1. The molecule has 0 aromatic heterocycles. The number of methoxy groups -OCH3 is 1. The van der Waals surface area contributed by atoms with E-state index in [4.69, 9.17) is 9.47 Å².